The highest BCUT2D eigenvalue weighted by Crippen LogP contribution is 2.38. The van der Waals surface area contributed by atoms with Gasteiger partial charge in [-0.15, -0.1) is 0 Å². The highest BCUT2D eigenvalue weighted by atomic mass is 32.2. The summed E-state index contributed by atoms with van der Waals surface area (Å²) in [6, 6.07) is 0.724. The lowest BCUT2D eigenvalue weighted by Crippen LogP contribution is -2.53. The van der Waals surface area contributed by atoms with E-state index >= 15 is 0 Å². The zero-order valence-electron chi connectivity index (χ0n) is 9.38. The van der Waals surface area contributed by atoms with Crippen LogP contribution in [0.2, 0.25) is 0 Å². The number of rotatable bonds is 2. The summed E-state index contributed by atoms with van der Waals surface area (Å²) in [5, 5.41) is 3.45. The minimum absolute atomic E-state index is 0.547. The normalized spacial score (nSPS) is 40.3. The average Bonchev–Trinajstić information content (AvgIpc) is 2.57. The number of nitrogens with zero attached hydrogens (tertiary/aromatic N) is 1. The molecular formula is C11H22N2S. The molecular weight excluding hydrogens is 192 g/mol. The lowest BCUT2D eigenvalue weighted by Gasteiger charge is -2.39. The summed E-state index contributed by atoms with van der Waals surface area (Å²) in [5.74, 6) is 1.37. The molecule has 2 unspecified atom stereocenters. The second-order valence-electron chi connectivity index (χ2n) is 4.93. The van der Waals surface area contributed by atoms with Crippen LogP contribution >= 0.6 is 11.8 Å². The Morgan fingerprint density at radius 2 is 2.43 bits per heavy atom. The molecule has 0 spiro atoms. The van der Waals surface area contributed by atoms with E-state index in [4.69, 9.17) is 0 Å². The van der Waals surface area contributed by atoms with E-state index in [1.807, 2.05) is 0 Å². The Kier molecular flexibility index (Phi) is 3.40. The van der Waals surface area contributed by atoms with Gasteiger partial charge in [0.25, 0.3) is 0 Å². The summed E-state index contributed by atoms with van der Waals surface area (Å²) in [6.45, 7) is 9.65. The summed E-state index contributed by atoms with van der Waals surface area (Å²) >= 11 is 2.18. The molecule has 0 aliphatic carbocycles. The second kappa shape index (κ2) is 4.42. The third-order valence-electron chi connectivity index (χ3n) is 3.48. The molecule has 2 aliphatic rings. The van der Waals surface area contributed by atoms with E-state index in [1.165, 1.54) is 44.8 Å². The predicted molar refractivity (Wildman–Crippen MR) is 64.0 cm³/mol. The van der Waals surface area contributed by atoms with E-state index in [-0.39, 0.29) is 0 Å². The van der Waals surface area contributed by atoms with Crippen molar-refractivity contribution in [2.24, 2.45) is 0 Å². The molecule has 2 rings (SSSR count). The van der Waals surface area contributed by atoms with Crippen molar-refractivity contribution < 1.29 is 0 Å². The molecule has 0 radical (unpaired) electrons. The smallest absolute Gasteiger partial charge is 0.0259 e. The van der Waals surface area contributed by atoms with Crippen molar-refractivity contribution in [1.82, 2.24) is 10.2 Å². The van der Waals surface area contributed by atoms with E-state index in [2.05, 4.69) is 35.8 Å². The average molecular weight is 214 g/mol. The molecule has 0 aromatic rings. The summed E-state index contributed by atoms with van der Waals surface area (Å²) in [5.41, 5.74) is 0. The Hall–Kier alpha value is 0.270. The van der Waals surface area contributed by atoms with Gasteiger partial charge >= 0.3 is 0 Å². The van der Waals surface area contributed by atoms with Crippen molar-refractivity contribution in [2.45, 2.75) is 37.5 Å². The molecule has 2 aliphatic heterocycles. The SMILES string of the molecule is CC1CNCCN1CC1(C)CCCS1. The van der Waals surface area contributed by atoms with E-state index in [9.17, 15) is 0 Å². The summed E-state index contributed by atoms with van der Waals surface area (Å²) in [4.78, 5) is 2.66. The molecule has 0 aromatic carbocycles. The molecule has 0 saturated carbocycles. The van der Waals surface area contributed by atoms with Gasteiger partial charge in [-0.3, -0.25) is 4.90 Å². The van der Waals surface area contributed by atoms with Crippen LogP contribution in [0.25, 0.3) is 0 Å². The van der Waals surface area contributed by atoms with Gasteiger partial charge in [-0.1, -0.05) is 0 Å². The molecule has 2 saturated heterocycles. The van der Waals surface area contributed by atoms with Gasteiger partial charge in [-0.2, -0.15) is 11.8 Å². The van der Waals surface area contributed by atoms with Crippen molar-refractivity contribution in [3.8, 4) is 0 Å². The summed E-state index contributed by atoms with van der Waals surface area (Å²) in [6.07, 6.45) is 2.83. The van der Waals surface area contributed by atoms with E-state index < -0.39 is 0 Å². The van der Waals surface area contributed by atoms with Crippen molar-refractivity contribution in [3.63, 3.8) is 0 Å². The Balaban J connectivity index is 1.88. The zero-order valence-corrected chi connectivity index (χ0v) is 10.2. The number of hydrogen-bond donors (Lipinski definition) is 1. The van der Waals surface area contributed by atoms with Crippen LogP contribution in [-0.2, 0) is 0 Å². The molecule has 0 amide bonds. The first-order valence-electron chi connectivity index (χ1n) is 5.78. The fraction of sp³-hybridized carbons (Fsp3) is 1.00. The number of nitrogens with one attached hydrogen (secondary N) is 1. The maximum absolute atomic E-state index is 3.45. The van der Waals surface area contributed by atoms with Gasteiger partial charge in [-0.25, -0.2) is 0 Å². The van der Waals surface area contributed by atoms with Gasteiger partial charge in [0.2, 0.25) is 0 Å². The van der Waals surface area contributed by atoms with Crippen molar-refractivity contribution in [1.29, 1.82) is 0 Å². The molecule has 2 atom stereocenters. The van der Waals surface area contributed by atoms with Crippen molar-refractivity contribution in [3.05, 3.63) is 0 Å². The summed E-state index contributed by atoms with van der Waals surface area (Å²) < 4.78 is 0.547. The molecule has 3 heteroatoms. The number of thioether (sulfide) groups is 1. The lowest BCUT2D eigenvalue weighted by molar-refractivity contribution is 0.159. The fourth-order valence-electron chi connectivity index (χ4n) is 2.51. The molecule has 1 N–H and O–H groups in total. The van der Waals surface area contributed by atoms with Gasteiger partial charge in [-0.05, 0) is 32.4 Å². The number of piperazine rings is 1. The first-order chi connectivity index (χ1) is 6.70. The second-order valence-corrected chi connectivity index (χ2v) is 6.61. The van der Waals surface area contributed by atoms with Crippen LogP contribution < -0.4 is 5.32 Å². The first kappa shape index (κ1) is 10.8. The van der Waals surface area contributed by atoms with Crippen LogP contribution in [0.5, 0.6) is 0 Å². The molecule has 0 aromatic heterocycles. The minimum Gasteiger partial charge on any atom is -0.314 e. The van der Waals surface area contributed by atoms with E-state index in [1.54, 1.807) is 0 Å². The Bertz CT molecular complexity index is 190. The van der Waals surface area contributed by atoms with Gasteiger partial charge < -0.3 is 5.32 Å². The summed E-state index contributed by atoms with van der Waals surface area (Å²) in [7, 11) is 0. The Labute approximate surface area is 91.8 Å². The fourth-order valence-corrected chi connectivity index (χ4v) is 3.84. The minimum atomic E-state index is 0.547. The molecule has 0 bridgehead atoms. The van der Waals surface area contributed by atoms with Gasteiger partial charge in [0.15, 0.2) is 0 Å². The molecule has 2 fully saturated rings. The molecule has 2 nitrogen and oxygen atoms in total. The van der Waals surface area contributed by atoms with Crippen LogP contribution in [0.3, 0.4) is 0 Å². The highest BCUT2D eigenvalue weighted by Gasteiger charge is 2.33. The van der Waals surface area contributed by atoms with Crippen LogP contribution in [0.4, 0.5) is 0 Å². The van der Waals surface area contributed by atoms with E-state index in [0.29, 0.717) is 4.75 Å². The maximum atomic E-state index is 3.45. The van der Waals surface area contributed by atoms with Crippen molar-refractivity contribution in [2.75, 3.05) is 31.9 Å². The molecule has 82 valence electrons. The van der Waals surface area contributed by atoms with Gasteiger partial charge in [0.05, 0.1) is 0 Å². The molecule has 2 heterocycles. The van der Waals surface area contributed by atoms with Gasteiger partial charge in [0.1, 0.15) is 0 Å². The quantitative estimate of drug-likeness (QED) is 0.751. The topological polar surface area (TPSA) is 15.3 Å². The Morgan fingerprint density at radius 3 is 3.07 bits per heavy atom. The van der Waals surface area contributed by atoms with Gasteiger partial charge in [0, 0.05) is 37.0 Å². The predicted octanol–water partition coefficient (Wildman–Crippen LogP) is 1.57. The lowest BCUT2D eigenvalue weighted by atomic mass is 10.0. The van der Waals surface area contributed by atoms with Crippen LogP contribution in [0.1, 0.15) is 26.7 Å². The van der Waals surface area contributed by atoms with Crippen LogP contribution in [0, 0.1) is 0 Å². The standard InChI is InChI=1S/C11H22N2S/c1-10-8-12-5-6-13(10)9-11(2)4-3-7-14-11/h10,12H,3-9H2,1-2H3. The molecule has 14 heavy (non-hydrogen) atoms. The van der Waals surface area contributed by atoms with E-state index in [0.717, 1.165) is 6.04 Å². The third-order valence-corrected chi connectivity index (χ3v) is 5.00. The van der Waals surface area contributed by atoms with Crippen LogP contribution in [-0.4, -0.2) is 47.6 Å². The largest absolute Gasteiger partial charge is 0.314 e. The monoisotopic (exact) mass is 214 g/mol. The maximum Gasteiger partial charge on any atom is 0.0259 e. The first-order valence-corrected chi connectivity index (χ1v) is 6.77. The zero-order chi connectivity index (χ0) is 10.0. The third kappa shape index (κ3) is 2.44. The Morgan fingerprint density at radius 1 is 1.57 bits per heavy atom. The van der Waals surface area contributed by atoms with Crippen LogP contribution in [0.15, 0.2) is 0 Å². The number of hydrogen-bond acceptors (Lipinski definition) is 3. The van der Waals surface area contributed by atoms with Crippen molar-refractivity contribution >= 4 is 11.8 Å². The highest BCUT2D eigenvalue weighted by molar-refractivity contribution is 8.00.